The Morgan fingerprint density at radius 2 is 1.84 bits per heavy atom. The van der Waals surface area contributed by atoms with Crippen molar-refractivity contribution in [1.82, 2.24) is 4.90 Å². The fourth-order valence-electron chi connectivity index (χ4n) is 3.31. The van der Waals surface area contributed by atoms with Gasteiger partial charge >= 0.3 is 0 Å². The van der Waals surface area contributed by atoms with Gasteiger partial charge in [-0.2, -0.15) is 0 Å². The number of Topliss-reactive ketones (excluding diaryl/α,β-unsaturated/α-hetero) is 1. The lowest BCUT2D eigenvalue weighted by Crippen LogP contribution is -2.42. The minimum atomic E-state index is -0.619. The molecule has 1 saturated heterocycles. The van der Waals surface area contributed by atoms with Crippen LogP contribution in [0.15, 0.2) is 0 Å². The van der Waals surface area contributed by atoms with Crippen molar-refractivity contribution in [2.45, 2.75) is 65.1 Å². The molecule has 1 aliphatic carbocycles. The monoisotopic (exact) mass is 267 g/mol. The molecule has 1 atom stereocenters. The molecule has 2 rings (SSSR count). The summed E-state index contributed by atoms with van der Waals surface area (Å²) in [5.74, 6) is 1.15. The lowest BCUT2D eigenvalue weighted by atomic mass is 9.85. The quantitative estimate of drug-likeness (QED) is 0.741. The van der Waals surface area contributed by atoms with Crippen LogP contribution < -0.4 is 0 Å². The first-order valence-corrected chi connectivity index (χ1v) is 7.73. The summed E-state index contributed by atoms with van der Waals surface area (Å²) >= 11 is 0. The first kappa shape index (κ1) is 15.0. The Morgan fingerprint density at radius 3 is 2.26 bits per heavy atom. The van der Waals surface area contributed by atoms with Gasteiger partial charge in [0.1, 0.15) is 5.60 Å². The minimum Gasteiger partial charge on any atom is -0.361 e. The predicted octanol–water partition coefficient (Wildman–Crippen LogP) is 2.88. The van der Waals surface area contributed by atoms with E-state index in [-0.39, 0.29) is 17.3 Å². The van der Waals surface area contributed by atoms with Crippen molar-refractivity contribution in [1.29, 1.82) is 0 Å². The summed E-state index contributed by atoms with van der Waals surface area (Å²) in [5.41, 5.74) is -0.957. The lowest BCUT2D eigenvalue weighted by molar-refractivity contribution is -0.132. The molecule has 0 aromatic carbocycles. The van der Waals surface area contributed by atoms with Gasteiger partial charge in [-0.1, -0.05) is 6.92 Å². The summed E-state index contributed by atoms with van der Waals surface area (Å²) in [6.07, 6.45) is 3.88. The zero-order chi connectivity index (χ0) is 14.3. The van der Waals surface area contributed by atoms with Gasteiger partial charge in [0.2, 0.25) is 0 Å². The van der Waals surface area contributed by atoms with Crippen LogP contribution in [0, 0.1) is 11.8 Å². The van der Waals surface area contributed by atoms with Crippen LogP contribution in [-0.2, 0) is 9.53 Å². The molecule has 2 fully saturated rings. The van der Waals surface area contributed by atoms with Crippen molar-refractivity contribution in [3.8, 4) is 0 Å². The molecule has 19 heavy (non-hydrogen) atoms. The van der Waals surface area contributed by atoms with Gasteiger partial charge in [0, 0.05) is 13.1 Å². The molecule has 3 heteroatoms. The molecule has 0 amide bonds. The molecular formula is C16H29NO2. The van der Waals surface area contributed by atoms with Gasteiger partial charge in [-0.05, 0) is 59.4 Å². The fourth-order valence-corrected chi connectivity index (χ4v) is 3.31. The molecule has 3 nitrogen and oxygen atoms in total. The SMILES string of the molecule is CCCN(CC1CC1)CC1C(=O)C(C)(C)OC1(C)C. The van der Waals surface area contributed by atoms with E-state index >= 15 is 0 Å². The standard InChI is InChI=1S/C16H29NO2/c1-6-9-17(10-12-7-8-12)11-13-14(18)16(4,5)19-15(13,2)3/h12-13H,6-11H2,1-5H3. The largest absolute Gasteiger partial charge is 0.361 e. The van der Waals surface area contributed by atoms with Crippen LogP contribution in [0.1, 0.15) is 53.9 Å². The van der Waals surface area contributed by atoms with Crippen LogP contribution in [0.25, 0.3) is 0 Å². The summed E-state index contributed by atoms with van der Waals surface area (Å²) in [6.45, 7) is 13.3. The van der Waals surface area contributed by atoms with Gasteiger partial charge in [-0.15, -0.1) is 0 Å². The maximum absolute atomic E-state index is 12.5. The molecule has 2 aliphatic rings. The number of hydrogen-bond acceptors (Lipinski definition) is 3. The van der Waals surface area contributed by atoms with E-state index in [1.807, 2.05) is 13.8 Å². The highest BCUT2D eigenvalue weighted by molar-refractivity contribution is 5.91. The molecular weight excluding hydrogens is 238 g/mol. The number of carbonyl (C=O) groups is 1. The van der Waals surface area contributed by atoms with Crippen molar-refractivity contribution in [3.63, 3.8) is 0 Å². The summed E-state index contributed by atoms with van der Waals surface area (Å²) in [6, 6.07) is 0. The Labute approximate surface area is 117 Å². The van der Waals surface area contributed by atoms with Gasteiger partial charge in [0.05, 0.1) is 11.5 Å². The lowest BCUT2D eigenvalue weighted by Gasteiger charge is -2.30. The minimum absolute atomic E-state index is 0.00722. The van der Waals surface area contributed by atoms with Crippen molar-refractivity contribution < 1.29 is 9.53 Å². The molecule has 1 heterocycles. The van der Waals surface area contributed by atoms with Crippen LogP contribution in [0.5, 0.6) is 0 Å². The van der Waals surface area contributed by atoms with E-state index < -0.39 is 5.60 Å². The number of carbonyl (C=O) groups excluding carboxylic acids is 1. The van der Waals surface area contributed by atoms with Crippen molar-refractivity contribution >= 4 is 5.78 Å². The Morgan fingerprint density at radius 1 is 1.21 bits per heavy atom. The Balaban J connectivity index is 2.03. The maximum atomic E-state index is 12.5. The molecule has 0 aromatic heterocycles. The topological polar surface area (TPSA) is 29.5 Å². The second-order valence-corrected chi connectivity index (χ2v) is 7.34. The van der Waals surface area contributed by atoms with Gasteiger partial charge < -0.3 is 9.64 Å². The summed E-state index contributed by atoms with van der Waals surface area (Å²) in [7, 11) is 0. The van der Waals surface area contributed by atoms with Crippen LogP contribution >= 0.6 is 0 Å². The number of ketones is 1. The van der Waals surface area contributed by atoms with Gasteiger partial charge in [-0.25, -0.2) is 0 Å². The summed E-state index contributed by atoms with van der Waals surface area (Å²) in [4.78, 5) is 15.0. The molecule has 1 saturated carbocycles. The molecule has 1 unspecified atom stereocenters. The Bertz CT molecular complexity index is 345. The molecule has 1 aliphatic heterocycles. The van der Waals surface area contributed by atoms with Gasteiger partial charge in [0.25, 0.3) is 0 Å². The van der Waals surface area contributed by atoms with Gasteiger partial charge in [-0.3, -0.25) is 4.79 Å². The molecule has 0 radical (unpaired) electrons. The molecule has 110 valence electrons. The summed E-state index contributed by atoms with van der Waals surface area (Å²) < 4.78 is 5.98. The van der Waals surface area contributed by atoms with Gasteiger partial charge in [0.15, 0.2) is 5.78 Å². The average molecular weight is 267 g/mol. The third kappa shape index (κ3) is 3.38. The Kier molecular flexibility index (Phi) is 4.08. The normalized spacial score (nSPS) is 29.2. The number of nitrogens with zero attached hydrogens (tertiary/aromatic N) is 1. The predicted molar refractivity (Wildman–Crippen MR) is 77.2 cm³/mol. The van der Waals surface area contributed by atoms with Crippen molar-refractivity contribution in [2.24, 2.45) is 11.8 Å². The van der Waals surface area contributed by atoms with E-state index in [4.69, 9.17) is 4.74 Å². The first-order chi connectivity index (χ1) is 8.76. The van der Waals surface area contributed by atoms with E-state index in [0.29, 0.717) is 0 Å². The van der Waals surface area contributed by atoms with E-state index in [1.165, 1.54) is 12.8 Å². The molecule has 0 bridgehead atoms. The van der Waals surface area contributed by atoms with E-state index in [1.54, 1.807) is 0 Å². The second-order valence-electron chi connectivity index (χ2n) is 7.34. The zero-order valence-corrected chi connectivity index (χ0v) is 13.2. The van der Waals surface area contributed by atoms with Crippen LogP contribution in [0.4, 0.5) is 0 Å². The summed E-state index contributed by atoms with van der Waals surface area (Å²) in [5, 5.41) is 0. The Hall–Kier alpha value is -0.410. The highest BCUT2D eigenvalue weighted by Crippen LogP contribution is 2.40. The molecule has 0 aromatic rings. The van der Waals surface area contributed by atoms with Crippen molar-refractivity contribution in [3.05, 3.63) is 0 Å². The number of ether oxygens (including phenoxy) is 1. The fraction of sp³-hybridized carbons (Fsp3) is 0.938. The van der Waals surface area contributed by atoms with Crippen molar-refractivity contribution in [2.75, 3.05) is 19.6 Å². The maximum Gasteiger partial charge on any atom is 0.171 e. The van der Waals surface area contributed by atoms with E-state index in [9.17, 15) is 4.79 Å². The highest BCUT2D eigenvalue weighted by Gasteiger charge is 2.53. The van der Waals surface area contributed by atoms with Crippen LogP contribution in [-0.4, -0.2) is 41.5 Å². The average Bonchev–Trinajstić information content (AvgIpc) is 3.04. The number of hydrogen-bond donors (Lipinski definition) is 0. The van der Waals surface area contributed by atoms with E-state index in [0.717, 1.165) is 32.0 Å². The number of rotatable bonds is 6. The van der Waals surface area contributed by atoms with Crippen LogP contribution in [0.2, 0.25) is 0 Å². The first-order valence-electron chi connectivity index (χ1n) is 7.73. The highest BCUT2D eigenvalue weighted by atomic mass is 16.5. The van der Waals surface area contributed by atoms with Crippen LogP contribution in [0.3, 0.4) is 0 Å². The zero-order valence-electron chi connectivity index (χ0n) is 13.2. The molecule has 0 N–H and O–H groups in total. The van der Waals surface area contributed by atoms with E-state index in [2.05, 4.69) is 25.7 Å². The third-order valence-corrected chi connectivity index (χ3v) is 4.46. The molecule has 0 spiro atoms. The second kappa shape index (κ2) is 5.17. The smallest absolute Gasteiger partial charge is 0.171 e. The third-order valence-electron chi connectivity index (χ3n) is 4.46.